The largest absolute Gasteiger partial charge is 0.328 e. The fourth-order valence-electron chi connectivity index (χ4n) is 5.14. The average Bonchev–Trinajstić information content (AvgIpc) is 2.97. The van der Waals surface area contributed by atoms with E-state index in [9.17, 15) is 0 Å². The Hall–Kier alpha value is -0.415. The second-order valence-corrected chi connectivity index (χ2v) is 8.25. The summed E-state index contributed by atoms with van der Waals surface area (Å²) in [4.78, 5) is 0. The van der Waals surface area contributed by atoms with Crippen LogP contribution >= 0.6 is 0 Å². The summed E-state index contributed by atoms with van der Waals surface area (Å²) in [6.45, 7) is 4.57. The van der Waals surface area contributed by atoms with Gasteiger partial charge in [0, 0.05) is 12.0 Å². The van der Waals surface area contributed by atoms with Gasteiger partial charge in [0.1, 0.15) is 7.28 Å². The van der Waals surface area contributed by atoms with Gasteiger partial charge in [0.2, 0.25) is 0 Å². The van der Waals surface area contributed by atoms with Gasteiger partial charge in [0.25, 0.3) is 0 Å². The molecule has 2 aliphatic rings. The Balaban J connectivity index is 1.70. The molecule has 0 aromatic carbocycles. The first-order valence-corrected chi connectivity index (χ1v) is 10.2. The molecule has 2 N–H and O–H groups in total. The van der Waals surface area contributed by atoms with Gasteiger partial charge in [-0.1, -0.05) is 58.1 Å². The van der Waals surface area contributed by atoms with Crippen LogP contribution in [0.3, 0.4) is 0 Å². The molecule has 1 radical (unpaired) electrons. The van der Waals surface area contributed by atoms with Crippen LogP contribution in [0.5, 0.6) is 0 Å². The normalized spacial score (nSPS) is 35.5. The maximum absolute atomic E-state index is 6.10. The number of unbranched alkanes of at least 4 members (excludes halogenated alkanes) is 2. The van der Waals surface area contributed by atoms with Crippen molar-refractivity contribution in [3.63, 3.8) is 0 Å². The Kier molecular flexibility index (Phi) is 8.04. The summed E-state index contributed by atoms with van der Waals surface area (Å²) in [7, 11) is 2.68. The van der Waals surface area contributed by atoms with E-state index >= 15 is 0 Å². The van der Waals surface area contributed by atoms with E-state index in [1.807, 2.05) is 0 Å². The molecule has 0 amide bonds. The Morgan fingerprint density at radius 3 is 2.57 bits per heavy atom. The minimum absolute atomic E-state index is 0.457. The first-order chi connectivity index (χ1) is 11.2. The number of hydrogen-bond donors (Lipinski definition) is 1. The highest BCUT2D eigenvalue weighted by atomic mass is 14.6. The lowest BCUT2D eigenvalue weighted by atomic mass is 9.63. The van der Waals surface area contributed by atoms with E-state index in [1.165, 1.54) is 70.5 Å². The molecule has 129 valence electrons. The first kappa shape index (κ1) is 18.9. The zero-order valence-corrected chi connectivity index (χ0v) is 15.5. The molecule has 0 bridgehead atoms. The Bertz CT molecular complexity index is 367. The van der Waals surface area contributed by atoms with E-state index < -0.39 is 0 Å². The Labute approximate surface area is 145 Å². The third-order valence-corrected chi connectivity index (χ3v) is 6.66. The number of nitrogens with two attached hydrogens (primary N) is 1. The van der Waals surface area contributed by atoms with E-state index in [1.54, 1.807) is 0 Å². The van der Waals surface area contributed by atoms with Crippen molar-refractivity contribution in [2.45, 2.75) is 96.2 Å². The molecular weight excluding hydrogens is 277 g/mol. The quantitative estimate of drug-likeness (QED) is 0.368. The van der Waals surface area contributed by atoms with Gasteiger partial charge < -0.3 is 5.73 Å². The van der Waals surface area contributed by atoms with Crippen LogP contribution in [-0.2, 0) is 0 Å². The second-order valence-electron chi connectivity index (χ2n) is 8.25. The highest BCUT2D eigenvalue weighted by Gasteiger charge is 2.39. The van der Waals surface area contributed by atoms with Gasteiger partial charge in [-0.2, -0.15) is 0 Å². The van der Waals surface area contributed by atoms with Gasteiger partial charge in [0.15, 0.2) is 0 Å². The molecule has 2 fully saturated rings. The van der Waals surface area contributed by atoms with E-state index in [0.29, 0.717) is 12.0 Å². The predicted molar refractivity (Wildman–Crippen MR) is 103 cm³/mol. The monoisotopic (exact) mass is 314 g/mol. The molecule has 0 spiro atoms. The molecule has 1 saturated carbocycles. The van der Waals surface area contributed by atoms with Crippen molar-refractivity contribution in [3.8, 4) is 12.3 Å². The molecule has 4 unspecified atom stereocenters. The van der Waals surface area contributed by atoms with Crippen molar-refractivity contribution < 1.29 is 0 Å². The van der Waals surface area contributed by atoms with Crippen molar-refractivity contribution in [2.75, 3.05) is 0 Å². The highest BCUT2D eigenvalue weighted by molar-refractivity contribution is 6.39. The van der Waals surface area contributed by atoms with Gasteiger partial charge in [-0.05, 0) is 49.9 Å². The van der Waals surface area contributed by atoms with Crippen LogP contribution in [0.2, 0.25) is 12.1 Å². The summed E-state index contributed by atoms with van der Waals surface area (Å²) < 4.78 is 0. The molecule has 1 heterocycles. The fourth-order valence-corrected chi connectivity index (χ4v) is 5.14. The fraction of sp³-hybridized carbons (Fsp3) is 0.905. The van der Waals surface area contributed by atoms with Crippen LogP contribution in [-0.4, -0.2) is 13.3 Å². The number of rotatable bonds is 8. The molecular formula is C21H37BN. The van der Waals surface area contributed by atoms with E-state index in [-0.39, 0.29) is 0 Å². The van der Waals surface area contributed by atoms with Crippen LogP contribution in [0.15, 0.2) is 0 Å². The number of terminal acetylenes is 1. The molecule has 1 nitrogen and oxygen atoms in total. The summed E-state index contributed by atoms with van der Waals surface area (Å²) in [5, 5.41) is 0. The second kappa shape index (κ2) is 9.78. The van der Waals surface area contributed by atoms with Gasteiger partial charge in [-0.25, -0.2) is 0 Å². The smallest absolute Gasteiger partial charge is 0.114 e. The molecule has 2 heteroatoms. The van der Waals surface area contributed by atoms with Crippen LogP contribution in [0, 0.1) is 36.0 Å². The maximum atomic E-state index is 6.10. The lowest BCUT2D eigenvalue weighted by Gasteiger charge is -2.35. The molecule has 1 aliphatic carbocycles. The van der Waals surface area contributed by atoms with Crippen LogP contribution in [0.25, 0.3) is 0 Å². The lowest BCUT2D eigenvalue weighted by Crippen LogP contribution is -2.31. The van der Waals surface area contributed by atoms with Gasteiger partial charge in [0.05, 0.1) is 0 Å². The standard InChI is InChI=1S/C21H37BN/c1-4-16(3)9-7-6-8-10-21-19(5-2)20(15-22-21)17-11-13-18(23)14-12-17/h1,16-21H,5-15,23H2,2-3H3. The highest BCUT2D eigenvalue weighted by Crippen LogP contribution is 2.48. The summed E-state index contributed by atoms with van der Waals surface area (Å²) in [6, 6.07) is 0.484. The van der Waals surface area contributed by atoms with Crippen LogP contribution in [0.4, 0.5) is 0 Å². The Morgan fingerprint density at radius 2 is 1.91 bits per heavy atom. The zero-order chi connectivity index (χ0) is 16.7. The zero-order valence-electron chi connectivity index (χ0n) is 15.5. The van der Waals surface area contributed by atoms with E-state index in [2.05, 4.69) is 27.0 Å². The molecule has 0 aromatic heterocycles. The molecule has 23 heavy (non-hydrogen) atoms. The van der Waals surface area contributed by atoms with Gasteiger partial charge in [-0.3, -0.25) is 0 Å². The Morgan fingerprint density at radius 1 is 1.17 bits per heavy atom. The summed E-state index contributed by atoms with van der Waals surface area (Å²) in [5.74, 6) is 7.04. The molecule has 0 aromatic rings. The van der Waals surface area contributed by atoms with Crippen LogP contribution < -0.4 is 5.73 Å². The third kappa shape index (κ3) is 5.56. The number of hydrogen-bond acceptors (Lipinski definition) is 1. The van der Waals surface area contributed by atoms with Gasteiger partial charge in [-0.15, -0.1) is 12.3 Å². The van der Waals surface area contributed by atoms with Crippen molar-refractivity contribution >= 4 is 7.28 Å². The molecule has 1 saturated heterocycles. The van der Waals surface area contributed by atoms with Crippen molar-refractivity contribution in [1.82, 2.24) is 0 Å². The topological polar surface area (TPSA) is 26.0 Å². The van der Waals surface area contributed by atoms with Crippen LogP contribution in [0.1, 0.15) is 78.1 Å². The minimum Gasteiger partial charge on any atom is -0.328 e. The first-order valence-electron chi connectivity index (χ1n) is 10.2. The maximum Gasteiger partial charge on any atom is 0.114 e. The lowest BCUT2D eigenvalue weighted by molar-refractivity contribution is 0.185. The summed E-state index contributed by atoms with van der Waals surface area (Å²) in [6.07, 6.45) is 20.1. The molecule has 1 aliphatic heterocycles. The van der Waals surface area contributed by atoms with Crippen molar-refractivity contribution in [2.24, 2.45) is 29.4 Å². The predicted octanol–water partition coefficient (Wildman–Crippen LogP) is 5.29. The van der Waals surface area contributed by atoms with E-state index in [0.717, 1.165) is 23.6 Å². The summed E-state index contributed by atoms with van der Waals surface area (Å²) >= 11 is 0. The molecule has 2 rings (SSSR count). The van der Waals surface area contributed by atoms with Crippen molar-refractivity contribution in [1.29, 1.82) is 0 Å². The summed E-state index contributed by atoms with van der Waals surface area (Å²) in [5.41, 5.74) is 6.10. The molecule has 4 atom stereocenters. The SMILES string of the molecule is C#CC(C)CCCCCC1[B]CC(C2CCC(N)CC2)C1CC. The van der Waals surface area contributed by atoms with E-state index in [4.69, 9.17) is 12.2 Å². The average molecular weight is 314 g/mol. The third-order valence-electron chi connectivity index (χ3n) is 6.66. The van der Waals surface area contributed by atoms with Gasteiger partial charge >= 0.3 is 0 Å². The minimum atomic E-state index is 0.457. The van der Waals surface area contributed by atoms with Crippen molar-refractivity contribution in [3.05, 3.63) is 0 Å².